The molecule has 1 rings (SSSR count). The van der Waals surface area contributed by atoms with Gasteiger partial charge in [-0.25, -0.2) is 5.01 Å². The predicted molar refractivity (Wildman–Crippen MR) is 69.4 cm³/mol. The Hall–Kier alpha value is -0.200. The number of rotatable bonds is 3. The molecule has 1 aliphatic rings. The summed E-state index contributed by atoms with van der Waals surface area (Å²) in [6.07, 6.45) is 3.95. The van der Waals surface area contributed by atoms with Gasteiger partial charge < -0.3 is 17.2 Å². The summed E-state index contributed by atoms with van der Waals surface area (Å²) in [4.78, 5) is 0. The normalized spacial score (nSPS) is 13.8. The van der Waals surface area contributed by atoms with Crippen molar-refractivity contribution in [2.24, 2.45) is 17.2 Å². The van der Waals surface area contributed by atoms with Crippen molar-refractivity contribution >= 4 is 0 Å². The van der Waals surface area contributed by atoms with Crippen LogP contribution in [0, 0.1) is 0 Å². The summed E-state index contributed by atoms with van der Waals surface area (Å²) in [6, 6.07) is 0. The molecule has 0 aromatic carbocycles. The Kier molecular flexibility index (Phi) is 31.8. The molecule has 1 saturated heterocycles. The highest BCUT2D eigenvalue weighted by Gasteiger charge is 2.07. The number of nitrogens with two attached hydrogens (primary N) is 3. The average molecular weight is 221 g/mol. The molecule has 0 radical (unpaired) electrons. The first-order valence-corrected chi connectivity index (χ1v) is 5.65. The van der Waals surface area contributed by atoms with Gasteiger partial charge in [-0.2, -0.15) is 0 Å². The Labute approximate surface area is 95.3 Å². The van der Waals surface area contributed by atoms with Gasteiger partial charge in [0.15, 0.2) is 0 Å². The minimum absolute atomic E-state index is 1.18. The van der Waals surface area contributed by atoms with Gasteiger partial charge in [0.25, 0.3) is 0 Å². The fourth-order valence-electron chi connectivity index (χ4n) is 1.13. The van der Waals surface area contributed by atoms with Crippen molar-refractivity contribution in [2.75, 3.05) is 40.8 Å². The zero-order valence-corrected chi connectivity index (χ0v) is 10.9. The van der Waals surface area contributed by atoms with Gasteiger partial charge in [0, 0.05) is 19.6 Å². The summed E-state index contributed by atoms with van der Waals surface area (Å²) in [5.41, 5.74) is 16.8. The molecule has 0 aromatic heterocycles. The number of nitrogens with zero attached hydrogens (tertiary/aromatic N) is 1. The number of hydrogen-bond acceptors (Lipinski definition) is 5. The maximum absolute atomic E-state index is 4.50. The van der Waals surface area contributed by atoms with Crippen LogP contribution >= 0.6 is 0 Å². The van der Waals surface area contributed by atoms with E-state index in [0.29, 0.717) is 0 Å². The summed E-state index contributed by atoms with van der Waals surface area (Å²) in [5.74, 6) is 0. The fourth-order valence-corrected chi connectivity index (χ4v) is 1.13. The van der Waals surface area contributed by atoms with E-state index in [9.17, 15) is 0 Å². The van der Waals surface area contributed by atoms with Crippen molar-refractivity contribution in [3.8, 4) is 0 Å². The Balaban J connectivity index is -0.000000208. The Bertz CT molecular complexity index is 74.2. The molecule has 7 N–H and O–H groups in total. The summed E-state index contributed by atoms with van der Waals surface area (Å²) >= 11 is 0. The molecule has 0 amide bonds. The highest BCUT2D eigenvalue weighted by Crippen LogP contribution is 1.97. The largest absolute Gasteiger partial charge is 0.333 e. The van der Waals surface area contributed by atoms with E-state index in [-0.39, 0.29) is 0 Å². The van der Waals surface area contributed by atoms with E-state index in [1.807, 2.05) is 0 Å². The lowest BCUT2D eigenvalue weighted by Crippen LogP contribution is -2.31. The molecule has 0 aliphatic carbocycles. The van der Waals surface area contributed by atoms with Crippen molar-refractivity contribution in [1.29, 1.82) is 0 Å². The zero-order valence-electron chi connectivity index (χ0n) is 10.9. The topological polar surface area (TPSA) is 93.3 Å². The lowest BCUT2D eigenvalue weighted by Gasteiger charge is -2.13. The number of nitrogens with one attached hydrogen (secondary N) is 1. The van der Waals surface area contributed by atoms with Crippen molar-refractivity contribution in [2.45, 2.75) is 26.2 Å². The second kappa shape index (κ2) is 23.5. The maximum atomic E-state index is 4.50. The first kappa shape index (κ1) is 20.2. The molecule has 0 spiro atoms. The molecule has 15 heavy (non-hydrogen) atoms. The summed E-state index contributed by atoms with van der Waals surface area (Å²) in [5, 5.41) is 2.32. The predicted octanol–water partition coefficient (Wildman–Crippen LogP) is -0.278. The van der Waals surface area contributed by atoms with Gasteiger partial charge in [-0.05, 0) is 34.0 Å². The third-order valence-electron chi connectivity index (χ3n) is 1.72. The third kappa shape index (κ3) is 16.5. The molecular formula is C10H31N5. The summed E-state index contributed by atoms with van der Waals surface area (Å²) in [6.45, 7) is 5.90. The highest BCUT2D eigenvalue weighted by atomic mass is 15.5. The second-order valence-electron chi connectivity index (χ2n) is 2.60. The minimum atomic E-state index is 1.18. The highest BCUT2D eigenvalue weighted by molar-refractivity contribution is 4.60. The van der Waals surface area contributed by atoms with Gasteiger partial charge >= 0.3 is 0 Å². The SMILES string of the molecule is CCCCN1CCCN1.CN.CN.CN. The molecule has 0 atom stereocenters. The van der Waals surface area contributed by atoms with Crippen LogP contribution in [-0.2, 0) is 0 Å². The van der Waals surface area contributed by atoms with E-state index in [4.69, 9.17) is 0 Å². The standard InChI is InChI=1S/C7H16N2.3CH5N/c1-2-3-6-9-7-4-5-8-9;3*1-2/h8H,2-7H2,1H3;3*2H2,1H3. The van der Waals surface area contributed by atoms with Crippen molar-refractivity contribution in [3.05, 3.63) is 0 Å². The second-order valence-corrected chi connectivity index (χ2v) is 2.60. The van der Waals surface area contributed by atoms with Gasteiger partial charge in [-0.15, -0.1) is 0 Å². The van der Waals surface area contributed by atoms with Crippen LogP contribution in [0.4, 0.5) is 0 Å². The third-order valence-corrected chi connectivity index (χ3v) is 1.72. The fraction of sp³-hybridized carbons (Fsp3) is 1.00. The van der Waals surface area contributed by atoms with E-state index in [2.05, 4.69) is 34.6 Å². The van der Waals surface area contributed by atoms with Gasteiger partial charge in [0.1, 0.15) is 0 Å². The molecule has 1 fully saturated rings. The van der Waals surface area contributed by atoms with Crippen LogP contribution in [0.1, 0.15) is 26.2 Å². The van der Waals surface area contributed by atoms with E-state index < -0.39 is 0 Å². The first-order valence-electron chi connectivity index (χ1n) is 5.65. The van der Waals surface area contributed by atoms with Crippen LogP contribution < -0.4 is 22.6 Å². The molecule has 5 nitrogen and oxygen atoms in total. The van der Waals surface area contributed by atoms with Gasteiger partial charge in [-0.3, -0.25) is 5.43 Å². The molecule has 5 heteroatoms. The van der Waals surface area contributed by atoms with Crippen molar-refractivity contribution < 1.29 is 0 Å². The quantitative estimate of drug-likeness (QED) is 0.526. The first-order chi connectivity index (χ1) is 7.43. The summed E-state index contributed by atoms with van der Waals surface area (Å²) < 4.78 is 0. The number of unbranched alkanes of at least 4 members (excludes halogenated alkanes) is 1. The Morgan fingerprint density at radius 3 is 1.93 bits per heavy atom. The molecule has 1 heterocycles. The molecule has 0 aromatic rings. The molecule has 96 valence electrons. The lowest BCUT2D eigenvalue weighted by molar-refractivity contribution is 0.249. The molecule has 0 unspecified atom stereocenters. The zero-order chi connectivity index (χ0) is 12.5. The lowest BCUT2D eigenvalue weighted by atomic mass is 10.3. The van der Waals surface area contributed by atoms with Crippen LogP contribution in [-0.4, -0.2) is 45.8 Å². The Morgan fingerprint density at radius 1 is 1.07 bits per heavy atom. The molecule has 0 bridgehead atoms. The van der Waals surface area contributed by atoms with Gasteiger partial charge in [0.05, 0.1) is 0 Å². The van der Waals surface area contributed by atoms with E-state index >= 15 is 0 Å². The summed E-state index contributed by atoms with van der Waals surface area (Å²) in [7, 11) is 4.50. The number of hydrazine groups is 1. The van der Waals surface area contributed by atoms with Crippen molar-refractivity contribution in [1.82, 2.24) is 10.4 Å². The monoisotopic (exact) mass is 221 g/mol. The van der Waals surface area contributed by atoms with Gasteiger partial charge in [-0.1, -0.05) is 13.3 Å². The van der Waals surface area contributed by atoms with E-state index in [1.54, 1.807) is 0 Å². The van der Waals surface area contributed by atoms with Crippen LogP contribution in [0.3, 0.4) is 0 Å². The molecular weight excluding hydrogens is 190 g/mol. The van der Waals surface area contributed by atoms with E-state index in [0.717, 1.165) is 0 Å². The van der Waals surface area contributed by atoms with Crippen LogP contribution in [0.2, 0.25) is 0 Å². The average Bonchev–Trinajstić information content (AvgIpc) is 2.87. The van der Waals surface area contributed by atoms with Gasteiger partial charge in [0.2, 0.25) is 0 Å². The molecule has 1 aliphatic heterocycles. The van der Waals surface area contributed by atoms with E-state index in [1.165, 1.54) is 60.0 Å². The van der Waals surface area contributed by atoms with Crippen LogP contribution in [0.15, 0.2) is 0 Å². The van der Waals surface area contributed by atoms with Crippen LogP contribution in [0.25, 0.3) is 0 Å². The Morgan fingerprint density at radius 2 is 1.60 bits per heavy atom. The molecule has 0 saturated carbocycles. The number of hydrogen-bond donors (Lipinski definition) is 4. The van der Waals surface area contributed by atoms with Crippen molar-refractivity contribution in [3.63, 3.8) is 0 Å². The maximum Gasteiger partial charge on any atom is 0.0143 e. The van der Waals surface area contributed by atoms with Crippen LogP contribution in [0.5, 0.6) is 0 Å². The minimum Gasteiger partial charge on any atom is -0.333 e. The smallest absolute Gasteiger partial charge is 0.0143 e.